The number of nitrogen functional groups attached to an aromatic ring is 1. The predicted octanol–water partition coefficient (Wildman–Crippen LogP) is 2.86. The van der Waals surface area contributed by atoms with Crippen molar-refractivity contribution in [2.75, 3.05) is 25.4 Å². The molecular weight excluding hydrogens is 276 g/mol. The fraction of sp³-hybridized carbons (Fsp3) is 0.429. The van der Waals surface area contributed by atoms with Crippen molar-refractivity contribution in [1.29, 1.82) is 0 Å². The van der Waals surface area contributed by atoms with Gasteiger partial charge in [-0.25, -0.2) is 0 Å². The first-order valence-electron chi connectivity index (χ1n) is 6.73. The lowest BCUT2D eigenvalue weighted by Crippen LogP contribution is -2.25. The van der Waals surface area contributed by atoms with E-state index in [1.54, 1.807) is 18.2 Å². The number of likely N-dealkylation sites (N-methyl/N-ethyl adjacent to an activating group) is 1. The summed E-state index contributed by atoms with van der Waals surface area (Å²) in [7, 11) is 0. The van der Waals surface area contributed by atoms with Gasteiger partial charge in [0, 0.05) is 29.2 Å². The fourth-order valence-corrected chi connectivity index (χ4v) is 2.25. The van der Waals surface area contributed by atoms with E-state index in [1.807, 2.05) is 0 Å². The molecule has 108 valence electrons. The largest absolute Gasteiger partial charge is 0.399 e. The second-order valence-corrected chi connectivity index (χ2v) is 5.00. The van der Waals surface area contributed by atoms with Crippen LogP contribution in [0.4, 0.5) is 5.69 Å². The Bertz CT molecular complexity index is 546. The van der Waals surface area contributed by atoms with E-state index in [2.05, 4.69) is 28.9 Å². The van der Waals surface area contributed by atoms with Gasteiger partial charge in [0.2, 0.25) is 0 Å². The maximum Gasteiger partial charge on any atom is 0.258 e. The molecule has 0 saturated carbocycles. The standard InChI is InChI=1S/C14H19ClN4O/c1-3-19(4-2)6-5-13-17-14(20-18-13)10-7-11(15)9-12(16)8-10/h7-9H,3-6,16H2,1-2H3. The number of halogens is 1. The van der Waals surface area contributed by atoms with Crippen LogP contribution in [-0.4, -0.2) is 34.7 Å². The third-order valence-corrected chi connectivity index (χ3v) is 3.40. The molecule has 0 spiro atoms. The Kier molecular flexibility index (Phi) is 4.98. The third kappa shape index (κ3) is 3.71. The van der Waals surface area contributed by atoms with Crippen LogP contribution in [0.1, 0.15) is 19.7 Å². The van der Waals surface area contributed by atoms with E-state index in [4.69, 9.17) is 21.9 Å². The molecule has 0 saturated heterocycles. The van der Waals surface area contributed by atoms with Crippen LogP contribution in [-0.2, 0) is 6.42 Å². The van der Waals surface area contributed by atoms with Gasteiger partial charge in [0.15, 0.2) is 5.82 Å². The molecule has 0 radical (unpaired) electrons. The maximum absolute atomic E-state index is 5.97. The summed E-state index contributed by atoms with van der Waals surface area (Å²) in [5.41, 5.74) is 7.08. The van der Waals surface area contributed by atoms with Crippen LogP contribution < -0.4 is 5.73 Å². The second-order valence-electron chi connectivity index (χ2n) is 4.57. The van der Waals surface area contributed by atoms with Gasteiger partial charge in [-0.3, -0.25) is 0 Å². The highest BCUT2D eigenvalue weighted by atomic mass is 35.5. The molecule has 1 aromatic heterocycles. The zero-order valence-electron chi connectivity index (χ0n) is 11.8. The summed E-state index contributed by atoms with van der Waals surface area (Å²) in [6.07, 6.45) is 0.765. The lowest BCUT2D eigenvalue weighted by Gasteiger charge is -2.16. The van der Waals surface area contributed by atoms with Crippen molar-refractivity contribution in [2.24, 2.45) is 0 Å². The topological polar surface area (TPSA) is 68.2 Å². The minimum Gasteiger partial charge on any atom is -0.399 e. The van der Waals surface area contributed by atoms with Gasteiger partial charge in [-0.05, 0) is 31.3 Å². The average Bonchev–Trinajstić information content (AvgIpc) is 2.88. The molecule has 2 N–H and O–H groups in total. The quantitative estimate of drug-likeness (QED) is 0.830. The highest BCUT2D eigenvalue weighted by Crippen LogP contribution is 2.24. The highest BCUT2D eigenvalue weighted by molar-refractivity contribution is 6.31. The van der Waals surface area contributed by atoms with Crippen molar-refractivity contribution in [3.05, 3.63) is 29.0 Å². The van der Waals surface area contributed by atoms with Crippen LogP contribution in [0, 0.1) is 0 Å². The average molecular weight is 295 g/mol. The predicted molar refractivity (Wildman–Crippen MR) is 80.6 cm³/mol. The highest BCUT2D eigenvalue weighted by Gasteiger charge is 2.11. The van der Waals surface area contributed by atoms with Crippen LogP contribution in [0.3, 0.4) is 0 Å². The van der Waals surface area contributed by atoms with Crippen molar-refractivity contribution < 1.29 is 4.52 Å². The molecule has 0 unspecified atom stereocenters. The summed E-state index contributed by atoms with van der Waals surface area (Å²) in [6, 6.07) is 5.22. The molecule has 1 heterocycles. The Balaban J connectivity index is 2.08. The maximum atomic E-state index is 5.97. The van der Waals surface area contributed by atoms with Crippen LogP contribution in [0.25, 0.3) is 11.5 Å². The van der Waals surface area contributed by atoms with Gasteiger partial charge in [-0.15, -0.1) is 0 Å². The van der Waals surface area contributed by atoms with E-state index in [0.717, 1.165) is 31.6 Å². The van der Waals surface area contributed by atoms with Crippen LogP contribution in [0.5, 0.6) is 0 Å². The number of rotatable bonds is 6. The van der Waals surface area contributed by atoms with Crippen molar-refractivity contribution in [3.63, 3.8) is 0 Å². The zero-order chi connectivity index (χ0) is 14.5. The summed E-state index contributed by atoms with van der Waals surface area (Å²) >= 11 is 5.97. The molecule has 20 heavy (non-hydrogen) atoms. The molecule has 0 fully saturated rings. The Hall–Kier alpha value is -1.59. The van der Waals surface area contributed by atoms with E-state index in [1.165, 1.54) is 0 Å². The zero-order valence-corrected chi connectivity index (χ0v) is 12.5. The number of hydrogen-bond donors (Lipinski definition) is 1. The molecule has 2 rings (SSSR count). The summed E-state index contributed by atoms with van der Waals surface area (Å²) in [5, 5.41) is 4.55. The Morgan fingerprint density at radius 2 is 2.00 bits per heavy atom. The van der Waals surface area contributed by atoms with Crippen molar-refractivity contribution in [2.45, 2.75) is 20.3 Å². The normalized spacial score (nSPS) is 11.2. The van der Waals surface area contributed by atoms with Gasteiger partial charge >= 0.3 is 0 Å². The van der Waals surface area contributed by atoms with Crippen LogP contribution in [0.15, 0.2) is 22.7 Å². The molecular formula is C14H19ClN4O. The van der Waals surface area contributed by atoms with Gasteiger partial charge in [0.05, 0.1) is 0 Å². The molecule has 6 heteroatoms. The van der Waals surface area contributed by atoms with E-state index < -0.39 is 0 Å². The molecule has 0 aliphatic carbocycles. The molecule has 1 aromatic carbocycles. The lowest BCUT2D eigenvalue weighted by atomic mass is 10.2. The van der Waals surface area contributed by atoms with Crippen LogP contribution in [0.2, 0.25) is 5.02 Å². The summed E-state index contributed by atoms with van der Waals surface area (Å²) < 4.78 is 5.27. The van der Waals surface area contributed by atoms with E-state index in [9.17, 15) is 0 Å². The number of hydrogen-bond acceptors (Lipinski definition) is 5. The van der Waals surface area contributed by atoms with E-state index >= 15 is 0 Å². The summed E-state index contributed by atoms with van der Waals surface area (Å²) in [5.74, 6) is 1.15. The first kappa shape index (κ1) is 14.8. The van der Waals surface area contributed by atoms with Gasteiger partial charge < -0.3 is 15.2 Å². The molecule has 0 bridgehead atoms. The van der Waals surface area contributed by atoms with Gasteiger partial charge in [0.1, 0.15) is 0 Å². The molecule has 2 aromatic rings. The minimum atomic E-state index is 0.453. The van der Waals surface area contributed by atoms with Crippen LogP contribution >= 0.6 is 11.6 Å². The Labute approximate surface area is 123 Å². The number of benzene rings is 1. The van der Waals surface area contributed by atoms with Crippen molar-refractivity contribution in [3.8, 4) is 11.5 Å². The fourth-order valence-electron chi connectivity index (χ4n) is 2.01. The van der Waals surface area contributed by atoms with Crippen molar-refractivity contribution in [1.82, 2.24) is 15.0 Å². The second kappa shape index (κ2) is 6.72. The third-order valence-electron chi connectivity index (χ3n) is 3.18. The number of aromatic nitrogens is 2. The number of anilines is 1. The minimum absolute atomic E-state index is 0.453. The van der Waals surface area contributed by atoms with E-state index in [0.29, 0.717) is 22.4 Å². The Morgan fingerprint density at radius 1 is 1.25 bits per heavy atom. The molecule has 0 aliphatic rings. The number of nitrogens with two attached hydrogens (primary N) is 1. The van der Waals surface area contributed by atoms with Gasteiger partial charge in [-0.1, -0.05) is 30.6 Å². The summed E-state index contributed by atoms with van der Waals surface area (Å²) in [4.78, 5) is 6.70. The smallest absolute Gasteiger partial charge is 0.258 e. The van der Waals surface area contributed by atoms with Gasteiger partial charge in [-0.2, -0.15) is 4.98 Å². The van der Waals surface area contributed by atoms with Crippen molar-refractivity contribution >= 4 is 17.3 Å². The summed E-state index contributed by atoms with van der Waals surface area (Å²) in [6.45, 7) is 7.24. The molecule has 0 amide bonds. The van der Waals surface area contributed by atoms with Gasteiger partial charge in [0.25, 0.3) is 5.89 Å². The molecule has 0 aliphatic heterocycles. The molecule has 5 nitrogen and oxygen atoms in total. The first-order chi connectivity index (χ1) is 9.62. The monoisotopic (exact) mass is 294 g/mol. The SMILES string of the molecule is CCN(CC)CCc1noc(-c2cc(N)cc(Cl)c2)n1. The number of nitrogens with zero attached hydrogens (tertiary/aromatic N) is 3. The Morgan fingerprint density at radius 3 is 2.65 bits per heavy atom. The lowest BCUT2D eigenvalue weighted by molar-refractivity contribution is 0.303. The first-order valence-corrected chi connectivity index (χ1v) is 7.11. The molecule has 0 atom stereocenters. The van der Waals surface area contributed by atoms with E-state index in [-0.39, 0.29) is 0 Å².